The molecule has 1 aliphatic rings. The van der Waals surface area contributed by atoms with Crippen molar-refractivity contribution in [2.24, 2.45) is 15.4 Å². The van der Waals surface area contributed by atoms with E-state index < -0.39 is 11.1 Å². The first-order valence-corrected chi connectivity index (χ1v) is 5.47. The van der Waals surface area contributed by atoms with Crippen molar-refractivity contribution in [3.05, 3.63) is 0 Å². The molecule has 1 fully saturated rings. The summed E-state index contributed by atoms with van der Waals surface area (Å²) in [6, 6.07) is 0. The first-order valence-electron chi connectivity index (χ1n) is 5.47. The topological polar surface area (TPSA) is 58.9 Å². The van der Waals surface area contributed by atoms with Gasteiger partial charge in [0.05, 0.1) is 11.1 Å². The standard InChI is InChI=1S/C12H18N2O2/c1-10(2)5-6-11(3,13-8-15)7-12(10,4)14-9-16/h5-7H2,1-4H3. The van der Waals surface area contributed by atoms with E-state index in [2.05, 4.69) is 23.8 Å². The maximum absolute atomic E-state index is 10.5. The third-order valence-electron chi connectivity index (χ3n) is 4.08. The van der Waals surface area contributed by atoms with E-state index in [1.54, 1.807) is 12.2 Å². The summed E-state index contributed by atoms with van der Waals surface area (Å²) in [4.78, 5) is 28.8. The molecule has 0 spiro atoms. The van der Waals surface area contributed by atoms with Crippen LogP contribution in [0.3, 0.4) is 0 Å². The van der Waals surface area contributed by atoms with Gasteiger partial charge in [-0.1, -0.05) is 13.8 Å². The fourth-order valence-corrected chi connectivity index (χ4v) is 2.42. The van der Waals surface area contributed by atoms with Crippen LogP contribution in [0.5, 0.6) is 0 Å². The normalized spacial score (nSPS) is 37.0. The van der Waals surface area contributed by atoms with Gasteiger partial charge in [0.25, 0.3) is 0 Å². The Kier molecular flexibility index (Phi) is 3.18. The SMILES string of the molecule is CC1(N=C=O)CCC(C)(C)C(C)(N=C=O)C1. The second-order valence-corrected chi connectivity index (χ2v) is 5.74. The number of hydrogen-bond donors (Lipinski definition) is 0. The third kappa shape index (κ3) is 2.13. The van der Waals surface area contributed by atoms with Crippen molar-refractivity contribution in [1.82, 2.24) is 0 Å². The van der Waals surface area contributed by atoms with Gasteiger partial charge in [-0.3, -0.25) is 0 Å². The molecule has 0 saturated heterocycles. The Labute approximate surface area is 95.9 Å². The Bertz CT molecular complexity index is 378. The van der Waals surface area contributed by atoms with Crippen molar-refractivity contribution in [1.29, 1.82) is 0 Å². The molecule has 1 aliphatic carbocycles. The van der Waals surface area contributed by atoms with Crippen LogP contribution < -0.4 is 0 Å². The minimum Gasteiger partial charge on any atom is -0.211 e. The molecule has 0 N–H and O–H groups in total. The van der Waals surface area contributed by atoms with Gasteiger partial charge in [-0.2, -0.15) is 9.98 Å². The van der Waals surface area contributed by atoms with Crippen LogP contribution in [0.2, 0.25) is 0 Å². The minimum atomic E-state index is -0.512. The Hall–Kier alpha value is -1.24. The van der Waals surface area contributed by atoms with Gasteiger partial charge in [-0.25, -0.2) is 9.59 Å². The van der Waals surface area contributed by atoms with Crippen LogP contribution in [0.25, 0.3) is 0 Å². The highest BCUT2D eigenvalue weighted by molar-refractivity contribution is 5.37. The van der Waals surface area contributed by atoms with Crippen molar-refractivity contribution in [2.75, 3.05) is 0 Å². The predicted octanol–water partition coefficient (Wildman–Crippen LogP) is 2.39. The molecule has 2 unspecified atom stereocenters. The van der Waals surface area contributed by atoms with E-state index >= 15 is 0 Å². The molecule has 16 heavy (non-hydrogen) atoms. The lowest BCUT2D eigenvalue weighted by Gasteiger charge is -2.49. The van der Waals surface area contributed by atoms with E-state index in [4.69, 9.17) is 0 Å². The Balaban J connectivity index is 3.12. The number of aliphatic imine (C=N–C) groups is 2. The maximum Gasteiger partial charge on any atom is 0.235 e. The van der Waals surface area contributed by atoms with Crippen LogP contribution in [0, 0.1) is 5.41 Å². The molecule has 0 amide bonds. The van der Waals surface area contributed by atoms with E-state index in [0.29, 0.717) is 6.42 Å². The third-order valence-corrected chi connectivity index (χ3v) is 4.08. The van der Waals surface area contributed by atoms with Crippen LogP contribution in [0.4, 0.5) is 0 Å². The molecular weight excluding hydrogens is 204 g/mol. The predicted molar refractivity (Wildman–Crippen MR) is 60.7 cm³/mol. The van der Waals surface area contributed by atoms with Gasteiger partial charge in [0.1, 0.15) is 0 Å². The highest BCUT2D eigenvalue weighted by atomic mass is 16.1. The summed E-state index contributed by atoms with van der Waals surface area (Å²) in [7, 11) is 0. The van der Waals surface area contributed by atoms with Gasteiger partial charge < -0.3 is 0 Å². The molecule has 4 nitrogen and oxygen atoms in total. The summed E-state index contributed by atoms with van der Waals surface area (Å²) in [5, 5.41) is 0. The van der Waals surface area contributed by atoms with Crippen LogP contribution in [0.15, 0.2) is 9.98 Å². The van der Waals surface area contributed by atoms with E-state index in [9.17, 15) is 9.59 Å². The van der Waals surface area contributed by atoms with Crippen molar-refractivity contribution in [3.8, 4) is 0 Å². The zero-order chi connectivity index (χ0) is 12.4. The van der Waals surface area contributed by atoms with E-state index in [0.717, 1.165) is 12.8 Å². The molecule has 0 heterocycles. The molecule has 0 aromatic rings. The number of hydrogen-bond acceptors (Lipinski definition) is 4. The lowest BCUT2D eigenvalue weighted by molar-refractivity contribution is 0.0734. The number of isocyanates is 2. The molecule has 1 rings (SSSR count). The van der Waals surface area contributed by atoms with Crippen LogP contribution in [-0.4, -0.2) is 23.2 Å². The summed E-state index contributed by atoms with van der Waals surface area (Å²) in [5.41, 5.74) is -1.04. The molecule has 0 bridgehead atoms. The molecule has 88 valence electrons. The molecule has 0 radical (unpaired) electrons. The fraction of sp³-hybridized carbons (Fsp3) is 0.833. The second kappa shape index (κ2) is 3.97. The van der Waals surface area contributed by atoms with Gasteiger partial charge in [0, 0.05) is 0 Å². The zero-order valence-corrected chi connectivity index (χ0v) is 10.3. The molecule has 0 aromatic heterocycles. The molecule has 0 aromatic carbocycles. The van der Waals surface area contributed by atoms with E-state index in [1.807, 2.05) is 13.8 Å². The summed E-state index contributed by atoms with van der Waals surface area (Å²) < 4.78 is 0. The summed E-state index contributed by atoms with van der Waals surface area (Å²) >= 11 is 0. The molecular formula is C12H18N2O2. The largest absolute Gasteiger partial charge is 0.235 e. The first-order chi connectivity index (χ1) is 7.29. The number of carbonyl (C=O) groups excluding carboxylic acids is 2. The quantitative estimate of drug-likeness (QED) is 0.532. The minimum absolute atomic E-state index is 0.0810. The first kappa shape index (κ1) is 12.8. The molecule has 1 saturated carbocycles. The second-order valence-electron chi connectivity index (χ2n) is 5.74. The Morgan fingerprint density at radius 2 is 1.50 bits per heavy atom. The van der Waals surface area contributed by atoms with Crippen molar-refractivity contribution < 1.29 is 9.59 Å². The Morgan fingerprint density at radius 3 is 2.00 bits per heavy atom. The van der Waals surface area contributed by atoms with Gasteiger partial charge in [-0.05, 0) is 38.5 Å². The van der Waals surface area contributed by atoms with Gasteiger partial charge in [-0.15, -0.1) is 0 Å². The van der Waals surface area contributed by atoms with Gasteiger partial charge >= 0.3 is 0 Å². The average molecular weight is 222 g/mol. The Morgan fingerprint density at radius 1 is 0.938 bits per heavy atom. The number of nitrogens with zero attached hydrogens (tertiary/aromatic N) is 2. The van der Waals surface area contributed by atoms with E-state index in [-0.39, 0.29) is 5.41 Å². The maximum atomic E-state index is 10.5. The summed E-state index contributed by atoms with van der Waals surface area (Å²) in [6.45, 7) is 8.00. The lowest BCUT2D eigenvalue weighted by atomic mass is 9.59. The smallest absolute Gasteiger partial charge is 0.211 e. The van der Waals surface area contributed by atoms with Gasteiger partial charge in [0.15, 0.2) is 0 Å². The van der Waals surface area contributed by atoms with E-state index in [1.165, 1.54) is 0 Å². The van der Waals surface area contributed by atoms with Crippen LogP contribution in [-0.2, 0) is 9.59 Å². The van der Waals surface area contributed by atoms with Crippen molar-refractivity contribution in [2.45, 2.75) is 58.0 Å². The lowest BCUT2D eigenvalue weighted by Crippen LogP contribution is -2.50. The molecule has 4 heteroatoms. The number of rotatable bonds is 2. The van der Waals surface area contributed by atoms with Gasteiger partial charge in [0.2, 0.25) is 12.2 Å². The monoisotopic (exact) mass is 222 g/mol. The zero-order valence-electron chi connectivity index (χ0n) is 10.3. The summed E-state index contributed by atoms with van der Waals surface area (Å²) in [6.07, 6.45) is 5.54. The molecule has 2 atom stereocenters. The molecule has 0 aliphatic heterocycles. The van der Waals surface area contributed by atoms with Crippen LogP contribution in [0.1, 0.15) is 47.0 Å². The average Bonchev–Trinajstić information content (AvgIpc) is 2.14. The van der Waals surface area contributed by atoms with Crippen molar-refractivity contribution >= 4 is 12.2 Å². The highest BCUT2D eigenvalue weighted by Gasteiger charge is 2.50. The fourth-order valence-electron chi connectivity index (χ4n) is 2.42. The highest BCUT2D eigenvalue weighted by Crippen LogP contribution is 2.50. The van der Waals surface area contributed by atoms with Crippen molar-refractivity contribution in [3.63, 3.8) is 0 Å². The van der Waals surface area contributed by atoms with Crippen LogP contribution >= 0.6 is 0 Å². The summed E-state index contributed by atoms with van der Waals surface area (Å²) in [5.74, 6) is 0.